The number of aromatic nitrogens is 2. The van der Waals surface area contributed by atoms with Crippen LogP contribution in [0.2, 0.25) is 0 Å². The Kier molecular flexibility index (Phi) is 8.62. The molecule has 2 heterocycles. The molecule has 1 aromatic heterocycles. The molecular weight excluding hydrogens is 490 g/mol. The molecule has 194 valence electrons. The lowest BCUT2D eigenvalue weighted by atomic mass is 10.1. The van der Waals surface area contributed by atoms with Crippen LogP contribution in [-0.2, 0) is 11.3 Å². The number of hydrogen-bond donors (Lipinski definition) is 1. The number of carboxylic acid groups (broad SMARTS) is 1. The van der Waals surface area contributed by atoms with E-state index in [0.29, 0.717) is 49.2 Å². The fourth-order valence-corrected chi connectivity index (χ4v) is 4.51. The number of hydrogen-bond acceptors (Lipinski definition) is 7. The Morgan fingerprint density at radius 1 is 1.19 bits per heavy atom. The van der Waals surface area contributed by atoms with Crippen molar-refractivity contribution in [2.24, 2.45) is 0 Å². The molecule has 0 bridgehead atoms. The third-order valence-corrected chi connectivity index (χ3v) is 6.89. The molecule has 0 aliphatic carbocycles. The highest BCUT2D eigenvalue weighted by atomic mass is 32.2. The van der Waals surface area contributed by atoms with E-state index in [1.54, 1.807) is 18.1 Å². The summed E-state index contributed by atoms with van der Waals surface area (Å²) in [5.41, 5.74) is 3.17. The smallest absolute Gasteiger partial charge is 0.407 e. The molecule has 1 aliphatic rings. The van der Waals surface area contributed by atoms with E-state index in [9.17, 15) is 14.7 Å². The number of ether oxygens (including phenoxy) is 1. The van der Waals surface area contributed by atoms with E-state index in [0.717, 1.165) is 16.8 Å². The lowest BCUT2D eigenvalue weighted by Gasteiger charge is -2.23. The van der Waals surface area contributed by atoms with Gasteiger partial charge >= 0.3 is 6.09 Å². The van der Waals surface area contributed by atoms with E-state index < -0.39 is 6.09 Å². The average Bonchev–Trinajstić information content (AvgIpc) is 3.04. The van der Waals surface area contributed by atoms with E-state index in [2.05, 4.69) is 9.97 Å². The van der Waals surface area contributed by atoms with Crippen LogP contribution in [0.1, 0.15) is 34.0 Å². The number of carbonyl (C=O) groups is 2. The molecule has 2 amide bonds. The van der Waals surface area contributed by atoms with Crippen LogP contribution in [0, 0.1) is 0 Å². The van der Waals surface area contributed by atoms with Gasteiger partial charge in [-0.3, -0.25) is 4.79 Å². The highest BCUT2D eigenvalue weighted by molar-refractivity contribution is 7.98. The van der Waals surface area contributed by atoms with Gasteiger partial charge in [0.15, 0.2) is 5.16 Å². The summed E-state index contributed by atoms with van der Waals surface area (Å²) in [6, 6.07) is 17.6. The zero-order chi connectivity index (χ0) is 26.4. The molecular formula is C27H31N5O4S. The van der Waals surface area contributed by atoms with Gasteiger partial charge in [-0.15, -0.1) is 0 Å². The fourth-order valence-electron chi connectivity index (χ4n) is 4.18. The quantitative estimate of drug-likeness (QED) is 0.323. The second-order valence-electron chi connectivity index (χ2n) is 8.85. The number of thioether (sulfide) groups is 1. The van der Waals surface area contributed by atoms with Crippen LogP contribution in [0.25, 0.3) is 0 Å². The molecule has 1 atom stereocenters. The number of anilines is 2. The molecule has 9 nitrogen and oxygen atoms in total. The van der Waals surface area contributed by atoms with Gasteiger partial charge in [-0.1, -0.05) is 54.2 Å². The number of benzene rings is 2. The van der Waals surface area contributed by atoms with Crippen LogP contribution in [0.5, 0.6) is 0 Å². The molecule has 0 fully saturated rings. The summed E-state index contributed by atoms with van der Waals surface area (Å²) in [7, 11) is 3.48. The molecule has 1 N–H and O–H groups in total. The molecule has 0 spiro atoms. The van der Waals surface area contributed by atoms with Crippen LogP contribution in [0.4, 0.5) is 16.3 Å². The maximum Gasteiger partial charge on any atom is 0.407 e. The lowest BCUT2D eigenvalue weighted by Crippen LogP contribution is -2.33. The SMILES string of the molecule is CSc1ncc2c(n1)N(C)CCN(c1cccc(CO[C@H](CCN(C)C(=O)O)c3ccccc3)c1)C2=O. The first-order chi connectivity index (χ1) is 17.9. The van der Waals surface area contributed by atoms with Crippen molar-refractivity contribution < 1.29 is 19.4 Å². The Balaban J connectivity index is 1.51. The third kappa shape index (κ3) is 6.39. The Labute approximate surface area is 221 Å². The Morgan fingerprint density at radius 3 is 2.70 bits per heavy atom. The second-order valence-corrected chi connectivity index (χ2v) is 9.62. The summed E-state index contributed by atoms with van der Waals surface area (Å²) in [5.74, 6) is 0.507. The minimum absolute atomic E-state index is 0.135. The first-order valence-corrected chi connectivity index (χ1v) is 13.2. The number of carbonyl (C=O) groups excluding carboxylic acids is 1. The first kappa shape index (κ1) is 26.4. The molecule has 0 radical (unpaired) electrons. The van der Waals surface area contributed by atoms with E-state index >= 15 is 0 Å². The zero-order valence-electron chi connectivity index (χ0n) is 21.2. The highest BCUT2D eigenvalue weighted by Crippen LogP contribution is 2.28. The number of fused-ring (bicyclic) bond motifs is 1. The lowest BCUT2D eigenvalue weighted by molar-refractivity contribution is 0.0288. The van der Waals surface area contributed by atoms with E-state index in [1.165, 1.54) is 16.7 Å². The van der Waals surface area contributed by atoms with Crippen molar-refractivity contribution in [1.29, 1.82) is 0 Å². The van der Waals surface area contributed by atoms with Crippen molar-refractivity contribution in [3.8, 4) is 0 Å². The van der Waals surface area contributed by atoms with Gasteiger partial charge in [0.2, 0.25) is 0 Å². The topological polar surface area (TPSA) is 99.1 Å². The van der Waals surface area contributed by atoms with Crippen LogP contribution >= 0.6 is 11.8 Å². The normalized spacial score (nSPS) is 14.2. The van der Waals surface area contributed by atoms with Gasteiger partial charge in [-0.2, -0.15) is 0 Å². The van der Waals surface area contributed by atoms with Crippen LogP contribution in [-0.4, -0.2) is 72.0 Å². The van der Waals surface area contributed by atoms with Crippen LogP contribution < -0.4 is 9.80 Å². The van der Waals surface area contributed by atoms with Gasteiger partial charge in [0, 0.05) is 45.6 Å². The molecule has 0 saturated carbocycles. The highest BCUT2D eigenvalue weighted by Gasteiger charge is 2.28. The van der Waals surface area contributed by atoms with E-state index in [4.69, 9.17) is 4.74 Å². The number of nitrogens with zero attached hydrogens (tertiary/aromatic N) is 5. The van der Waals surface area contributed by atoms with Crippen molar-refractivity contribution in [2.45, 2.75) is 24.3 Å². The predicted octanol–water partition coefficient (Wildman–Crippen LogP) is 4.55. The van der Waals surface area contributed by atoms with Crippen molar-refractivity contribution >= 4 is 35.3 Å². The molecule has 1 aliphatic heterocycles. The van der Waals surface area contributed by atoms with Gasteiger partial charge in [-0.25, -0.2) is 14.8 Å². The Morgan fingerprint density at radius 2 is 1.97 bits per heavy atom. The van der Waals surface area contributed by atoms with Crippen LogP contribution in [0.15, 0.2) is 66.0 Å². The van der Waals surface area contributed by atoms with E-state index in [1.807, 2.05) is 72.8 Å². The van der Waals surface area contributed by atoms with Gasteiger partial charge in [-0.05, 0) is 35.9 Å². The van der Waals surface area contributed by atoms with Gasteiger partial charge < -0.3 is 24.5 Å². The summed E-state index contributed by atoms with van der Waals surface area (Å²) >= 11 is 1.44. The zero-order valence-corrected chi connectivity index (χ0v) is 22.0. The summed E-state index contributed by atoms with van der Waals surface area (Å²) in [5, 5.41) is 9.85. The van der Waals surface area contributed by atoms with Gasteiger partial charge in [0.1, 0.15) is 11.4 Å². The van der Waals surface area contributed by atoms with Crippen molar-refractivity contribution in [3.63, 3.8) is 0 Å². The predicted molar refractivity (Wildman–Crippen MR) is 144 cm³/mol. The maximum atomic E-state index is 13.5. The Bertz CT molecular complexity index is 1240. The second kappa shape index (κ2) is 12.1. The number of amides is 2. The molecule has 0 unspecified atom stereocenters. The largest absolute Gasteiger partial charge is 0.465 e. The minimum Gasteiger partial charge on any atom is -0.465 e. The van der Waals surface area contributed by atoms with Crippen molar-refractivity contribution in [1.82, 2.24) is 14.9 Å². The standard InChI is InChI=1S/C27H31N5O4S/c1-30-14-15-32(25(33)22-17-28-26(37-3)29-24(22)30)21-11-7-8-19(16-21)18-36-23(12-13-31(2)27(34)35)20-9-5-4-6-10-20/h4-11,16-17,23H,12-15,18H2,1-3H3,(H,34,35)/t23-/m1/s1. The Hall–Kier alpha value is -3.63. The summed E-state index contributed by atoms with van der Waals surface area (Å²) < 4.78 is 6.28. The number of rotatable bonds is 9. The molecule has 0 saturated heterocycles. The first-order valence-electron chi connectivity index (χ1n) is 12.0. The molecule has 3 aromatic rings. The third-order valence-electron chi connectivity index (χ3n) is 6.32. The van der Waals surface area contributed by atoms with Gasteiger partial charge in [0.05, 0.1) is 12.7 Å². The van der Waals surface area contributed by atoms with Gasteiger partial charge in [0.25, 0.3) is 5.91 Å². The van der Waals surface area contributed by atoms with Crippen LogP contribution in [0.3, 0.4) is 0 Å². The summed E-state index contributed by atoms with van der Waals surface area (Å²) in [4.78, 5) is 38.6. The monoisotopic (exact) mass is 521 g/mol. The molecule has 2 aromatic carbocycles. The summed E-state index contributed by atoms with van der Waals surface area (Å²) in [6.45, 7) is 1.82. The fraction of sp³-hybridized carbons (Fsp3) is 0.333. The summed E-state index contributed by atoms with van der Waals surface area (Å²) in [6.07, 6.45) is 2.81. The maximum absolute atomic E-state index is 13.5. The molecule has 4 rings (SSSR count). The molecule has 37 heavy (non-hydrogen) atoms. The molecule has 10 heteroatoms. The minimum atomic E-state index is -0.969. The average molecular weight is 522 g/mol. The van der Waals surface area contributed by atoms with E-state index in [-0.39, 0.29) is 12.0 Å². The van der Waals surface area contributed by atoms with Crippen molar-refractivity contribution in [3.05, 3.63) is 77.5 Å². The van der Waals surface area contributed by atoms with Crippen molar-refractivity contribution in [2.75, 3.05) is 49.8 Å². The number of likely N-dealkylation sites (N-methyl/N-ethyl adjacent to an activating group) is 1.